The highest BCUT2D eigenvalue weighted by Gasteiger charge is 2.07. The van der Waals surface area contributed by atoms with Gasteiger partial charge in [0.1, 0.15) is 0 Å². The molecule has 0 aromatic heterocycles. The van der Waals surface area contributed by atoms with E-state index in [0.717, 1.165) is 11.3 Å². The van der Waals surface area contributed by atoms with Crippen molar-refractivity contribution >= 4 is 38.9 Å². The lowest BCUT2D eigenvalue weighted by molar-refractivity contribution is 0.598. The molecule has 3 N–H and O–H groups in total. The maximum atomic E-state index is 11.1. The highest BCUT2D eigenvalue weighted by atomic mass is 35.5. The van der Waals surface area contributed by atoms with Gasteiger partial charge in [0.2, 0.25) is 10.0 Å². The van der Waals surface area contributed by atoms with Crippen LogP contribution in [0.15, 0.2) is 47.4 Å². The minimum atomic E-state index is -3.67. The van der Waals surface area contributed by atoms with E-state index in [1.165, 1.54) is 12.1 Å². The Hall–Kier alpha value is -1.27. The topological polar surface area (TPSA) is 72.2 Å². The highest BCUT2D eigenvalue weighted by Crippen LogP contribution is 2.26. The van der Waals surface area contributed by atoms with Gasteiger partial charge >= 0.3 is 0 Å². The summed E-state index contributed by atoms with van der Waals surface area (Å²) < 4.78 is 22.3. The monoisotopic (exact) mass is 330 g/mol. The summed E-state index contributed by atoms with van der Waals surface area (Å²) in [4.78, 5) is 0.0730. The standard InChI is InChI=1S/C13H12Cl2N2O2S/c14-12-3-1-2-9(13(12)15)8-17-10-4-6-11(7-5-10)20(16,18)19/h1-7,17H,8H2,(H2,16,18,19). The lowest BCUT2D eigenvalue weighted by atomic mass is 10.2. The molecule has 0 heterocycles. The molecule has 2 rings (SSSR count). The fourth-order valence-corrected chi connectivity index (χ4v) is 2.55. The number of rotatable bonds is 4. The predicted molar refractivity (Wildman–Crippen MR) is 81.6 cm³/mol. The van der Waals surface area contributed by atoms with Crippen molar-refractivity contribution in [1.29, 1.82) is 0 Å². The number of hydrogen-bond donors (Lipinski definition) is 2. The smallest absolute Gasteiger partial charge is 0.238 e. The average molecular weight is 331 g/mol. The molecule has 0 spiro atoms. The van der Waals surface area contributed by atoms with Gasteiger partial charge < -0.3 is 5.32 Å². The third-order valence-electron chi connectivity index (χ3n) is 2.70. The van der Waals surface area contributed by atoms with Gasteiger partial charge in [-0.2, -0.15) is 0 Å². The van der Waals surface area contributed by atoms with Crippen molar-refractivity contribution in [2.75, 3.05) is 5.32 Å². The number of anilines is 1. The quantitative estimate of drug-likeness (QED) is 0.903. The lowest BCUT2D eigenvalue weighted by Gasteiger charge is -2.09. The Labute approximate surface area is 127 Å². The molecule has 0 atom stereocenters. The summed E-state index contributed by atoms with van der Waals surface area (Å²) >= 11 is 12.0. The first-order chi connectivity index (χ1) is 9.38. The summed E-state index contributed by atoms with van der Waals surface area (Å²) in [5, 5.41) is 9.16. The van der Waals surface area contributed by atoms with E-state index < -0.39 is 10.0 Å². The molecule has 0 aliphatic rings. The lowest BCUT2D eigenvalue weighted by Crippen LogP contribution is -2.12. The molecule has 20 heavy (non-hydrogen) atoms. The Bertz CT molecular complexity index is 716. The van der Waals surface area contributed by atoms with Crippen molar-refractivity contribution in [3.8, 4) is 0 Å². The molecule has 0 bridgehead atoms. The number of nitrogens with two attached hydrogens (primary N) is 1. The second-order valence-corrected chi connectivity index (χ2v) is 6.48. The summed E-state index contributed by atoms with van der Waals surface area (Å²) in [6.07, 6.45) is 0. The van der Waals surface area contributed by atoms with E-state index in [2.05, 4.69) is 5.32 Å². The first-order valence-electron chi connectivity index (χ1n) is 5.67. The molecule has 7 heteroatoms. The van der Waals surface area contributed by atoms with Gasteiger partial charge in [-0.3, -0.25) is 0 Å². The zero-order chi connectivity index (χ0) is 14.8. The van der Waals surface area contributed by atoms with E-state index in [9.17, 15) is 8.42 Å². The van der Waals surface area contributed by atoms with Crippen LogP contribution in [0.25, 0.3) is 0 Å². The number of hydrogen-bond acceptors (Lipinski definition) is 3. The Kier molecular flexibility index (Phi) is 4.55. The predicted octanol–water partition coefficient (Wildman–Crippen LogP) is 3.25. The number of halogens is 2. The van der Waals surface area contributed by atoms with E-state index in [4.69, 9.17) is 28.3 Å². The minimum absolute atomic E-state index is 0.0730. The second kappa shape index (κ2) is 6.01. The summed E-state index contributed by atoms with van der Waals surface area (Å²) in [7, 11) is -3.67. The molecule has 0 saturated carbocycles. The van der Waals surface area contributed by atoms with E-state index in [0.29, 0.717) is 16.6 Å². The SMILES string of the molecule is NS(=O)(=O)c1ccc(NCc2cccc(Cl)c2Cl)cc1. The number of nitrogens with one attached hydrogen (secondary N) is 1. The van der Waals surface area contributed by atoms with Gasteiger partial charge in [0.05, 0.1) is 14.9 Å². The van der Waals surface area contributed by atoms with E-state index in [1.807, 2.05) is 12.1 Å². The van der Waals surface area contributed by atoms with Crippen LogP contribution in [-0.4, -0.2) is 8.42 Å². The summed E-state index contributed by atoms with van der Waals surface area (Å²) in [6, 6.07) is 11.6. The Morgan fingerprint density at radius 3 is 2.30 bits per heavy atom. The van der Waals surface area contributed by atoms with Crippen LogP contribution < -0.4 is 10.5 Å². The van der Waals surface area contributed by atoms with Gasteiger partial charge in [-0.15, -0.1) is 0 Å². The third kappa shape index (κ3) is 3.64. The molecular weight excluding hydrogens is 319 g/mol. The van der Waals surface area contributed by atoms with E-state index in [-0.39, 0.29) is 4.90 Å². The Balaban J connectivity index is 2.10. The molecule has 0 radical (unpaired) electrons. The molecule has 0 aliphatic carbocycles. The van der Waals surface area contributed by atoms with Crippen molar-refractivity contribution < 1.29 is 8.42 Å². The first-order valence-corrected chi connectivity index (χ1v) is 7.98. The molecule has 0 amide bonds. The van der Waals surface area contributed by atoms with Crippen LogP contribution >= 0.6 is 23.2 Å². The fourth-order valence-electron chi connectivity index (χ4n) is 1.64. The van der Waals surface area contributed by atoms with Crippen LogP contribution in [-0.2, 0) is 16.6 Å². The summed E-state index contributed by atoms with van der Waals surface area (Å²) in [5.41, 5.74) is 1.61. The Morgan fingerprint density at radius 1 is 1.05 bits per heavy atom. The molecule has 0 saturated heterocycles. The van der Waals surface area contributed by atoms with Crippen LogP contribution in [0.3, 0.4) is 0 Å². The highest BCUT2D eigenvalue weighted by molar-refractivity contribution is 7.89. The first kappa shape index (κ1) is 15.1. The van der Waals surface area contributed by atoms with Crippen LogP contribution in [0, 0.1) is 0 Å². The Morgan fingerprint density at radius 2 is 1.70 bits per heavy atom. The van der Waals surface area contributed by atoms with Crippen LogP contribution in [0.1, 0.15) is 5.56 Å². The number of sulfonamides is 1. The van der Waals surface area contributed by atoms with Gasteiger partial charge in [-0.05, 0) is 35.9 Å². The third-order valence-corrected chi connectivity index (χ3v) is 4.48. The molecular formula is C13H12Cl2N2O2S. The van der Waals surface area contributed by atoms with Gasteiger partial charge in [-0.25, -0.2) is 13.6 Å². The maximum absolute atomic E-state index is 11.1. The number of primary sulfonamides is 1. The minimum Gasteiger partial charge on any atom is -0.381 e. The zero-order valence-corrected chi connectivity index (χ0v) is 12.6. The van der Waals surface area contributed by atoms with Gasteiger partial charge in [-0.1, -0.05) is 35.3 Å². The molecule has 106 valence electrons. The van der Waals surface area contributed by atoms with Crippen molar-refractivity contribution in [2.24, 2.45) is 5.14 Å². The molecule has 2 aromatic rings. The van der Waals surface area contributed by atoms with Crippen molar-refractivity contribution in [2.45, 2.75) is 11.4 Å². The normalized spacial score (nSPS) is 11.3. The maximum Gasteiger partial charge on any atom is 0.238 e. The van der Waals surface area contributed by atoms with Crippen LogP contribution in [0.4, 0.5) is 5.69 Å². The van der Waals surface area contributed by atoms with Crippen LogP contribution in [0.5, 0.6) is 0 Å². The second-order valence-electron chi connectivity index (χ2n) is 4.14. The zero-order valence-electron chi connectivity index (χ0n) is 10.3. The van der Waals surface area contributed by atoms with Gasteiger partial charge in [0.15, 0.2) is 0 Å². The van der Waals surface area contributed by atoms with Gasteiger partial charge in [0, 0.05) is 12.2 Å². The van der Waals surface area contributed by atoms with Crippen molar-refractivity contribution in [3.63, 3.8) is 0 Å². The van der Waals surface area contributed by atoms with E-state index >= 15 is 0 Å². The van der Waals surface area contributed by atoms with E-state index in [1.54, 1.807) is 18.2 Å². The molecule has 2 aromatic carbocycles. The van der Waals surface area contributed by atoms with Gasteiger partial charge in [0.25, 0.3) is 0 Å². The van der Waals surface area contributed by atoms with Crippen molar-refractivity contribution in [3.05, 3.63) is 58.1 Å². The molecule has 0 aliphatic heterocycles. The molecule has 0 unspecified atom stereocenters. The largest absolute Gasteiger partial charge is 0.381 e. The fraction of sp³-hybridized carbons (Fsp3) is 0.0769. The molecule has 0 fully saturated rings. The van der Waals surface area contributed by atoms with Crippen LogP contribution in [0.2, 0.25) is 10.0 Å². The van der Waals surface area contributed by atoms with Crippen molar-refractivity contribution in [1.82, 2.24) is 0 Å². The summed E-state index contributed by atoms with van der Waals surface area (Å²) in [6.45, 7) is 0.480. The molecule has 4 nitrogen and oxygen atoms in total. The number of benzene rings is 2. The summed E-state index contributed by atoms with van der Waals surface area (Å²) in [5.74, 6) is 0. The average Bonchev–Trinajstić information content (AvgIpc) is 2.40.